The molecule has 2 aromatic carbocycles. The first-order valence-electron chi connectivity index (χ1n) is 6.12. The molecule has 0 radical (unpaired) electrons. The number of rotatable bonds is 0. The number of esters is 1. The molecule has 0 aromatic heterocycles. The molecule has 1 atom stereocenters. The van der Waals surface area contributed by atoms with E-state index in [0.29, 0.717) is 12.2 Å². The first kappa shape index (κ1) is 11.1. The Kier molecular flexibility index (Phi) is 2.47. The molecule has 92 valence electrons. The van der Waals surface area contributed by atoms with Gasteiger partial charge in [0.25, 0.3) is 0 Å². The quantitative estimate of drug-likeness (QED) is 0.569. The standard InChI is InChI=1S/C15H14O3/c1-9-5-8-14(17)18-15-10(9)6-7-11-12(15)3-2-4-13(11)16/h2-4,6-7,9,16H,5,8H2,1H3. The van der Waals surface area contributed by atoms with Gasteiger partial charge in [0, 0.05) is 17.2 Å². The first-order chi connectivity index (χ1) is 8.66. The molecular formula is C15H14O3. The van der Waals surface area contributed by atoms with Crippen LogP contribution in [-0.2, 0) is 4.79 Å². The fourth-order valence-electron chi connectivity index (χ4n) is 2.49. The average molecular weight is 242 g/mol. The summed E-state index contributed by atoms with van der Waals surface area (Å²) in [5, 5.41) is 11.4. The minimum atomic E-state index is -0.198. The van der Waals surface area contributed by atoms with Crippen LogP contribution in [-0.4, -0.2) is 11.1 Å². The highest BCUT2D eigenvalue weighted by Crippen LogP contribution is 2.40. The Labute approximate surface area is 105 Å². The molecule has 3 heteroatoms. The average Bonchev–Trinajstić information content (AvgIpc) is 2.50. The molecule has 3 nitrogen and oxygen atoms in total. The Bertz CT molecular complexity index is 631. The number of ether oxygens (including phenoxy) is 1. The van der Waals surface area contributed by atoms with Crippen LogP contribution < -0.4 is 4.74 Å². The van der Waals surface area contributed by atoms with Crippen LogP contribution in [0.4, 0.5) is 0 Å². The van der Waals surface area contributed by atoms with Crippen LogP contribution in [0.1, 0.15) is 31.2 Å². The molecule has 18 heavy (non-hydrogen) atoms. The van der Waals surface area contributed by atoms with E-state index in [1.807, 2.05) is 18.2 Å². The molecule has 1 heterocycles. The summed E-state index contributed by atoms with van der Waals surface area (Å²) in [7, 11) is 0. The number of phenolic OH excluding ortho intramolecular Hbond substituents is 1. The van der Waals surface area contributed by atoms with E-state index < -0.39 is 0 Å². The maximum atomic E-state index is 11.6. The number of carbonyl (C=O) groups is 1. The van der Waals surface area contributed by atoms with Gasteiger partial charge in [-0.25, -0.2) is 0 Å². The van der Waals surface area contributed by atoms with E-state index in [4.69, 9.17) is 4.74 Å². The Morgan fingerprint density at radius 3 is 2.89 bits per heavy atom. The van der Waals surface area contributed by atoms with Gasteiger partial charge in [-0.1, -0.05) is 31.2 Å². The molecule has 1 aliphatic heterocycles. The van der Waals surface area contributed by atoms with Crippen molar-refractivity contribution in [3.63, 3.8) is 0 Å². The second-order valence-electron chi connectivity index (χ2n) is 4.77. The van der Waals surface area contributed by atoms with E-state index in [2.05, 4.69) is 6.92 Å². The third-order valence-electron chi connectivity index (χ3n) is 3.55. The number of hydrogen-bond donors (Lipinski definition) is 1. The monoisotopic (exact) mass is 242 g/mol. The summed E-state index contributed by atoms with van der Waals surface area (Å²) in [5.41, 5.74) is 1.04. The van der Waals surface area contributed by atoms with E-state index in [0.717, 1.165) is 22.8 Å². The third-order valence-corrected chi connectivity index (χ3v) is 3.55. The van der Waals surface area contributed by atoms with Gasteiger partial charge in [0.1, 0.15) is 11.5 Å². The molecule has 0 spiro atoms. The van der Waals surface area contributed by atoms with Crippen LogP contribution in [0.15, 0.2) is 30.3 Å². The minimum Gasteiger partial charge on any atom is -0.507 e. The Morgan fingerprint density at radius 2 is 2.06 bits per heavy atom. The van der Waals surface area contributed by atoms with Crippen LogP contribution in [0.2, 0.25) is 0 Å². The van der Waals surface area contributed by atoms with Crippen molar-refractivity contribution in [3.8, 4) is 11.5 Å². The first-order valence-corrected chi connectivity index (χ1v) is 6.12. The SMILES string of the molecule is CC1CCC(=O)Oc2c1ccc1c(O)cccc21. The van der Waals surface area contributed by atoms with Crippen molar-refractivity contribution in [2.45, 2.75) is 25.7 Å². The molecule has 0 amide bonds. The smallest absolute Gasteiger partial charge is 0.311 e. The topological polar surface area (TPSA) is 46.5 Å². The lowest BCUT2D eigenvalue weighted by atomic mass is 9.93. The van der Waals surface area contributed by atoms with E-state index in [1.54, 1.807) is 12.1 Å². The second-order valence-corrected chi connectivity index (χ2v) is 4.77. The van der Waals surface area contributed by atoms with Crippen LogP contribution in [0, 0.1) is 0 Å². The van der Waals surface area contributed by atoms with E-state index in [-0.39, 0.29) is 17.6 Å². The van der Waals surface area contributed by atoms with E-state index in [9.17, 15) is 9.90 Å². The normalized spacial score (nSPS) is 19.2. The predicted octanol–water partition coefficient (Wildman–Crippen LogP) is 3.35. The van der Waals surface area contributed by atoms with E-state index in [1.165, 1.54) is 0 Å². The summed E-state index contributed by atoms with van der Waals surface area (Å²) in [5.74, 6) is 0.913. The van der Waals surface area contributed by atoms with Crippen molar-refractivity contribution in [3.05, 3.63) is 35.9 Å². The van der Waals surface area contributed by atoms with Crippen LogP contribution >= 0.6 is 0 Å². The number of aromatic hydroxyl groups is 1. The molecule has 1 aliphatic rings. The van der Waals surface area contributed by atoms with Gasteiger partial charge in [0.05, 0.1) is 0 Å². The highest BCUT2D eigenvalue weighted by molar-refractivity contribution is 5.95. The van der Waals surface area contributed by atoms with Crippen LogP contribution in [0.5, 0.6) is 11.5 Å². The molecule has 0 saturated heterocycles. The summed E-state index contributed by atoms with van der Waals surface area (Å²) in [6, 6.07) is 9.11. The zero-order chi connectivity index (χ0) is 12.7. The van der Waals surface area contributed by atoms with Gasteiger partial charge >= 0.3 is 5.97 Å². The third kappa shape index (κ3) is 1.63. The Morgan fingerprint density at radius 1 is 1.22 bits per heavy atom. The van der Waals surface area contributed by atoms with Gasteiger partial charge in [0.15, 0.2) is 0 Å². The highest BCUT2D eigenvalue weighted by Gasteiger charge is 2.22. The van der Waals surface area contributed by atoms with Crippen LogP contribution in [0.3, 0.4) is 0 Å². The van der Waals surface area contributed by atoms with Crippen molar-refractivity contribution in [2.75, 3.05) is 0 Å². The molecular weight excluding hydrogens is 228 g/mol. The fourth-order valence-corrected chi connectivity index (χ4v) is 2.49. The van der Waals surface area contributed by atoms with Gasteiger partial charge in [-0.2, -0.15) is 0 Å². The van der Waals surface area contributed by atoms with E-state index >= 15 is 0 Å². The fraction of sp³-hybridized carbons (Fsp3) is 0.267. The number of phenols is 1. The number of benzene rings is 2. The van der Waals surface area contributed by atoms with Crippen molar-refractivity contribution >= 4 is 16.7 Å². The number of carbonyl (C=O) groups excluding carboxylic acids is 1. The predicted molar refractivity (Wildman–Crippen MR) is 68.9 cm³/mol. The molecule has 0 aliphatic carbocycles. The Balaban J connectivity index is 2.33. The summed E-state index contributed by atoms with van der Waals surface area (Å²) in [6.07, 6.45) is 1.24. The largest absolute Gasteiger partial charge is 0.507 e. The van der Waals surface area contributed by atoms with Gasteiger partial charge < -0.3 is 9.84 Å². The maximum Gasteiger partial charge on any atom is 0.311 e. The number of fused-ring (bicyclic) bond motifs is 3. The van der Waals surface area contributed by atoms with Crippen molar-refractivity contribution in [1.82, 2.24) is 0 Å². The second kappa shape index (κ2) is 4.02. The minimum absolute atomic E-state index is 0.198. The molecule has 1 N–H and O–H groups in total. The van der Waals surface area contributed by atoms with Gasteiger partial charge in [-0.05, 0) is 24.0 Å². The van der Waals surface area contributed by atoms with Gasteiger partial charge in [0.2, 0.25) is 0 Å². The summed E-state index contributed by atoms with van der Waals surface area (Å²) >= 11 is 0. The molecule has 0 fully saturated rings. The zero-order valence-corrected chi connectivity index (χ0v) is 10.1. The summed E-state index contributed by atoms with van der Waals surface area (Å²) < 4.78 is 5.45. The lowest BCUT2D eigenvalue weighted by Crippen LogP contribution is -2.05. The lowest BCUT2D eigenvalue weighted by molar-refractivity contribution is -0.134. The van der Waals surface area contributed by atoms with Gasteiger partial charge in [-0.3, -0.25) is 4.79 Å². The summed E-state index contributed by atoms with van der Waals surface area (Å²) in [6.45, 7) is 2.09. The highest BCUT2D eigenvalue weighted by atomic mass is 16.5. The zero-order valence-electron chi connectivity index (χ0n) is 10.1. The molecule has 0 bridgehead atoms. The van der Waals surface area contributed by atoms with Crippen molar-refractivity contribution in [1.29, 1.82) is 0 Å². The maximum absolute atomic E-state index is 11.6. The molecule has 2 aromatic rings. The molecule has 0 saturated carbocycles. The molecule has 1 unspecified atom stereocenters. The van der Waals surface area contributed by atoms with Gasteiger partial charge in [-0.15, -0.1) is 0 Å². The van der Waals surface area contributed by atoms with Crippen LogP contribution in [0.25, 0.3) is 10.8 Å². The number of hydrogen-bond acceptors (Lipinski definition) is 3. The van der Waals surface area contributed by atoms with Crippen molar-refractivity contribution < 1.29 is 14.6 Å². The lowest BCUT2D eigenvalue weighted by Gasteiger charge is -2.13. The molecule has 3 rings (SSSR count). The summed E-state index contributed by atoms with van der Waals surface area (Å²) in [4.78, 5) is 11.6. The van der Waals surface area contributed by atoms with Crippen molar-refractivity contribution in [2.24, 2.45) is 0 Å². The Hall–Kier alpha value is -2.03.